The molecule has 0 N–H and O–H groups in total. The molecule has 2 rings (SSSR count). The lowest BCUT2D eigenvalue weighted by Crippen LogP contribution is -1.93. The SMILES string of the molecule is Cc1cc(C(=O)c2ccc(Br)s2)sc1Br. The summed E-state index contributed by atoms with van der Waals surface area (Å²) in [6, 6.07) is 5.66. The Morgan fingerprint density at radius 2 is 1.93 bits per heavy atom. The maximum absolute atomic E-state index is 12.0. The highest BCUT2D eigenvalue weighted by Crippen LogP contribution is 2.31. The van der Waals surface area contributed by atoms with Crippen molar-refractivity contribution in [3.05, 3.63) is 41.1 Å². The Labute approximate surface area is 112 Å². The minimum absolute atomic E-state index is 0.101. The Hall–Kier alpha value is 0.0300. The Bertz CT molecular complexity index is 494. The van der Waals surface area contributed by atoms with E-state index in [2.05, 4.69) is 31.9 Å². The van der Waals surface area contributed by atoms with E-state index < -0.39 is 0 Å². The summed E-state index contributed by atoms with van der Waals surface area (Å²) in [5, 5.41) is 0. The van der Waals surface area contributed by atoms with Crippen LogP contribution in [0.1, 0.15) is 20.1 Å². The molecule has 0 amide bonds. The van der Waals surface area contributed by atoms with Gasteiger partial charge < -0.3 is 0 Å². The van der Waals surface area contributed by atoms with Gasteiger partial charge in [0.1, 0.15) is 0 Å². The summed E-state index contributed by atoms with van der Waals surface area (Å²) in [7, 11) is 0. The summed E-state index contributed by atoms with van der Waals surface area (Å²) in [5.41, 5.74) is 1.11. The van der Waals surface area contributed by atoms with Gasteiger partial charge in [-0.05, 0) is 62.5 Å². The summed E-state index contributed by atoms with van der Waals surface area (Å²) in [4.78, 5) is 13.6. The lowest BCUT2D eigenvalue weighted by atomic mass is 10.2. The Morgan fingerprint density at radius 3 is 2.40 bits per heavy atom. The molecule has 0 aromatic carbocycles. The van der Waals surface area contributed by atoms with Crippen LogP contribution in [0.5, 0.6) is 0 Å². The molecular weight excluding hydrogens is 360 g/mol. The third-order valence-electron chi connectivity index (χ3n) is 1.88. The van der Waals surface area contributed by atoms with Gasteiger partial charge >= 0.3 is 0 Å². The molecule has 0 spiro atoms. The molecule has 1 nitrogen and oxygen atoms in total. The number of carbonyl (C=O) groups excluding carboxylic acids is 1. The Kier molecular flexibility index (Phi) is 3.45. The molecule has 0 aliphatic carbocycles. The zero-order chi connectivity index (χ0) is 11.0. The van der Waals surface area contributed by atoms with Crippen LogP contribution in [0.4, 0.5) is 0 Å². The van der Waals surface area contributed by atoms with Crippen molar-refractivity contribution in [3.8, 4) is 0 Å². The molecule has 0 fully saturated rings. The summed E-state index contributed by atoms with van der Waals surface area (Å²) >= 11 is 9.72. The number of hydrogen-bond donors (Lipinski definition) is 0. The number of ketones is 1. The van der Waals surface area contributed by atoms with Crippen LogP contribution in [0, 0.1) is 6.92 Å². The van der Waals surface area contributed by atoms with Crippen molar-refractivity contribution in [2.75, 3.05) is 0 Å². The lowest BCUT2D eigenvalue weighted by Gasteiger charge is -1.90. The largest absolute Gasteiger partial charge is 0.287 e. The van der Waals surface area contributed by atoms with Gasteiger partial charge in [0.05, 0.1) is 17.3 Å². The molecule has 0 saturated carbocycles. The van der Waals surface area contributed by atoms with Gasteiger partial charge in [-0.25, -0.2) is 0 Å². The highest BCUT2D eigenvalue weighted by atomic mass is 79.9. The van der Waals surface area contributed by atoms with E-state index in [0.29, 0.717) is 0 Å². The molecule has 0 unspecified atom stereocenters. The second kappa shape index (κ2) is 4.49. The van der Waals surface area contributed by atoms with Crippen molar-refractivity contribution >= 4 is 60.3 Å². The average molecular weight is 366 g/mol. The Morgan fingerprint density at radius 1 is 1.20 bits per heavy atom. The van der Waals surface area contributed by atoms with Crippen molar-refractivity contribution in [3.63, 3.8) is 0 Å². The van der Waals surface area contributed by atoms with E-state index in [1.54, 1.807) is 0 Å². The quantitative estimate of drug-likeness (QED) is 0.693. The topological polar surface area (TPSA) is 17.1 Å². The predicted molar refractivity (Wildman–Crippen MR) is 72.2 cm³/mol. The van der Waals surface area contributed by atoms with Crippen molar-refractivity contribution in [1.29, 1.82) is 0 Å². The molecule has 2 aromatic heterocycles. The lowest BCUT2D eigenvalue weighted by molar-refractivity contribution is 0.104. The van der Waals surface area contributed by atoms with Gasteiger partial charge in [-0.3, -0.25) is 4.79 Å². The number of rotatable bonds is 2. The summed E-state index contributed by atoms with van der Waals surface area (Å²) < 4.78 is 2.01. The average Bonchev–Trinajstić information content (AvgIpc) is 2.74. The van der Waals surface area contributed by atoms with E-state index in [-0.39, 0.29) is 5.78 Å². The van der Waals surface area contributed by atoms with E-state index in [0.717, 1.165) is 22.9 Å². The van der Waals surface area contributed by atoms with Gasteiger partial charge in [-0.2, -0.15) is 0 Å². The van der Waals surface area contributed by atoms with Crippen LogP contribution in [0.15, 0.2) is 25.8 Å². The smallest absolute Gasteiger partial charge is 0.212 e. The fraction of sp³-hybridized carbons (Fsp3) is 0.100. The Balaban J connectivity index is 2.36. The molecule has 5 heteroatoms. The van der Waals surface area contributed by atoms with Crippen molar-refractivity contribution in [2.24, 2.45) is 0 Å². The van der Waals surface area contributed by atoms with Gasteiger partial charge in [0, 0.05) is 0 Å². The molecule has 0 bridgehead atoms. The number of aryl methyl sites for hydroxylation is 1. The van der Waals surface area contributed by atoms with Crippen LogP contribution in [0.3, 0.4) is 0 Å². The first kappa shape index (κ1) is 11.5. The van der Waals surface area contributed by atoms with E-state index >= 15 is 0 Å². The van der Waals surface area contributed by atoms with Gasteiger partial charge in [0.2, 0.25) is 5.78 Å². The summed E-state index contributed by atoms with van der Waals surface area (Å²) in [6.07, 6.45) is 0. The summed E-state index contributed by atoms with van der Waals surface area (Å²) in [5.74, 6) is 0.101. The number of carbonyl (C=O) groups is 1. The molecule has 78 valence electrons. The molecule has 0 aliphatic rings. The summed E-state index contributed by atoms with van der Waals surface area (Å²) in [6.45, 7) is 1.99. The molecule has 15 heavy (non-hydrogen) atoms. The zero-order valence-electron chi connectivity index (χ0n) is 7.71. The maximum atomic E-state index is 12.0. The highest BCUT2D eigenvalue weighted by molar-refractivity contribution is 9.11. The molecule has 2 heterocycles. The van der Waals surface area contributed by atoms with Gasteiger partial charge in [0.15, 0.2) is 0 Å². The first-order valence-corrected chi connectivity index (χ1v) is 7.36. The molecular formula is C10H6Br2OS2. The number of halogens is 2. The zero-order valence-corrected chi connectivity index (χ0v) is 12.5. The molecule has 0 aliphatic heterocycles. The van der Waals surface area contributed by atoms with Crippen LogP contribution in [-0.2, 0) is 0 Å². The second-order valence-corrected chi connectivity index (χ2v) is 7.83. The van der Waals surface area contributed by atoms with Gasteiger partial charge in [-0.15, -0.1) is 22.7 Å². The first-order chi connectivity index (χ1) is 7.08. The minimum atomic E-state index is 0.101. The van der Waals surface area contributed by atoms with Gasteiger partial charge in [-0.1, -0.05) is 0 Å². The number of thiophene rings is 2. The van der Waals surface area contributed by atoms with Crippen LogP contribution in [0.2, 0.25) is 0 Å². The van der Waals surface area contributed by atoms with E-state index in [4.69, 9.17) is 0 Å². The molecule has 2 aromatic rings. The van der Waals surface area contributed by atoms with E-state index in [1.165, 1.54) is 22.7 Å². The standard InChI is InChI=1S/C10H6Br2OS2/c1-5-4-7(15-10(5)12)9(13)6-2-3-8(11)14-6/h2-4H,1H3. The maximum Gasteiger partial charge on any atom is 0.212 e. The normalized spacial score (nSPS) is 10.6. The van der Waals surface area contributed by atoms with E-state index in [1.807, 2.05) is 25.1 Å². The van der Waals surface area contributed by atoms with Crippen LogP contribution in [-0.4, -0.2) is 5.78 Å². The monoisotopic (exact) mass is 364 g/mol. The predicted octanol–water partition coefficient (Wildman–Crippen LogP) is 4.87. The van der Waals surface area contributed by atoms with Crippen molar-refractivity contribution < 1.29 is 4.79 Å². The van der Waals surface area contributed by atoms with Crippen LogP contribution in [0.25, 0.3) is 0 Å². The fourth-order valence-corrected chi connectivity index (χ4v) is 4.02. The molecule has 0 atom stereocenters. The van der Waals surface area contributed by atoms with Crippen LogP contribution >= 0.6 is 54.5 Å². The van der Waals surface area contributed by atoms with E-state index in [9.17, 15) is 4.79 Å². The highest BCUT2D eigenvalue weighted by Gasteiger charge is 2.14. The van der Waals surface area contributed by atoms with Gasteiger partial charge in [0.25, 0.3) is 0 Å². The molecule has 0 saturated heterocycles. The van der Waals surface area contributed by atoms with Crippen molar-refractivity contribution in [1.82, 2.24) is 0 Å². The third-order valence-corrected chi connectivity index (χ3v) is 5.64. The fourth-order valence-electron chi connectivity index (χ4n) is 1.13. The minimum Gasteiger partial charge on any atom is -0.287 e. The van der Waals surface area contributed by atoms with Crippen molar-refractivity contribution in [2.45, 2.75) is 6.92 Å². The molecule has 0 radical (unpaired) electrons. The first-order valence-electron chi connectivity index (χ1n) is 4.14. The third kappa shape index (κ3) is 2.41. The second-order valence-electron chi connectivity index (χ2n) is 3.00. The van der Waals surface area contributed by atoms with Crippen LogP contribution < -0.4 is 0 Å². The number of hydrogen-bond acceptors (Lipinski definition) is 3.